The van der Waals surface area contributed by atoms with E-state index < -0.39 is 0 Å². The van der Waals surface area contributed by atoms with E-state index in [0.29, 0.717) is 18.8 Å². The molecular formula is C20H29N5O3. The first-order valence-electron chi connectivity index (χ1n) is 10.4. The van der Waals surface area contributed by atoms with Crippen molar-refractivity contribution in [2.75, 3.05) is 26.2 Å². The monoisotopic (exact) mass is 387 g/mol. The number of likely N-dealkylation sites (tertiary alicyclic amines) is 2. The minimum absolute atomic E-state index is 0.105. The van der Waals surface area contributed by atoms with Crippen LogP contribution in [-0.4, -0.2) is 62.8 Å². The van der Waals surface area contributed by atoms with Gasteiger partial charge < -0.3 is 9.64 Å². The third kappa shape index (κ3) is 4.38. The summed E-state index contributed by atoms with van der Waals surface area (Å²) in [6.45, 7) is 3.54. The Bertz CT molecular complexity index is 853. The molecule has 2 fully saturated rings. The van der Waals surface area contributed by atoms with E-state index in [4.69, 9.17) is 4.74 Å². The highest BCUT2D eigenvalue weighted by Crippen LogP contribution is 2.20. The van der Waals surface area contributed by atoms with Gasteiger partial charge in [-0.25, -0.2) is 14.3 Å². The third-order valence-corrected chi connectivity index (χ3v) is 5.81. The molecule has 1 amide bonds. The van der Waals surface area contributed by atoms with Crippen molar-refractivity contribution in [2.45, 2.75) is 57.5 Å². The number of hydrogen-bond acceptors (Lipinski definition) is 5. The molecule has 2 aliphatic heterocycles. The number of nitrogens with one attached hydrogen (secondary N) is 1. The molecule has 2 saturated heterocycles. The second kappa shape index (κ2) is 8.77. The van der Waals surface area contributed by atoms with Crippen LogP contribution in [0.1, 0.15) is 50.6 Å². The molecule has 1 atom stereocenters. The van der Waals surface area contributed by atoms with Crippen LogP contribution in [0.4, 0.5) is 4.79 Å². The first-order chi connectivity index (χ1) is 13.7. The summed E-state index contributed by atoms with van der Waals surface area (Å²) in [7, 11) is 0. The van der Waals surface area contributed by atoms with E-state index in [-0.39, 0.29) is 17.7 Å². The van der Waals surface area contributed by atoms with E-state index in [9.17, 15) is 9.59 Å². The van der Waals surface area contributed by atoms with Crippen molar-refractivity contribution in [3.05, 3.63) is 34.4 Å². The molecule has 0 bridgehead atoms. The summed E-state index contributed by atoms with van der Waals surface area (Å²) in [5.74, 6) is 0. The Morgan fingerprint density at radius 3 is 2.75 bits per heavy atom. The largest absolute Gasteiger partial charge is 0.448 e. The van der Waals surface area contributed by atoms with Gasteiger partial charge in [-0.2, -0.15) is 0 Å². The molecule has 8 nitrogen and oxygen atoms in total. The maximum absolute atomic E-state index is 12.4. The first kappa shape index (κ1) is 19.0. The minimum atomic E-state index is -0.183. The van der Waals surface area contributed by atoms with Gasteiger partial charge in [0.15, 0.2) is 5.65 Å². The van der Waals surface area contributed by atoms with Gasteiger partial charge in [0.25, 0.3) is 5.56 Å². The molecule has 28 heavy (non-hydrogen) atoms. The summed E-state index contributed by atoms with van der Waals surface area (Å²) in [6, 6.07) is 3.55. The van der Waals surface area contributed by atoms with E-state index in [1.54, 1.807) is 18.3 Å². The van der Waals surface area contributed by atoms with Gasteiger partial charge in [-0.15, -0.1) is 0 Å². The van der Waals surface area contributed by atoms with Crippen LogP contribution in [0.15, 0.2) is 23.1 Å². The van der Waals surface area contributed by atoms with Gasteiger partial charge >= 0.3 is 6.09 Å². The van der Waals surface area contributed by atoms with Crippen LogP contribution in [0.25, 0.3) is 5.65 Å². The average molecular weight is 387 g/mol. The zero-order chi connectivity index (χ0) is 19.3. The summed E-state index contributed by atoms with van der Waals surface area (Å²) < 4.78 is 7.11. The molecule has 2 aliphatic rings. The van der Waals surface area contributed by atoms with E-state index >= 15 is 0 Å². The van der Waals surface area contributed by atoms with Crippen molar-refractivity contribution in [1.29, 1.82) is 0 Å². The standard InChI is InChI=1S/C20H29N5O3/c26-19-13-16(22-18-8-9-21-25(18)19)14-24-12-6-3-7-17(24)15-28-20(27)23-10-4-1-2-5-11-23/h8-9,13,17,21H,1-7,10-12,14-15H2. The maximum Gasteiger partial charge on any atom is 0.409 e. The predicted octanol–water partition coefficient (Wildman–Crippen LogP) is 2.39. The average Bonchev–Trinajstić information content (AvgIpc) is 3.01. The third-order valence-electron chi connectivity index (χ3n) is 5.81. The minimum Gasteiger partial charge on any atom is -0.448 e. The Morgan fingerprint density at radius 1 is 1.14 bits per heavy atom. The van der Waals surface area contributed by atoms with Gasteiger partial charge in [-0.3, -0.25) is 14.8 Å². The lowest BCUT2D eigenvalue weighted by molar-refractivity contribution is 0.0464. The molecule has 1 N–H and O–H groups in total. The molecule has 8 heteroatoms. The van der Waals surface area contributed by atoms with E-state index in [1.165, 1.54) is 17.4 Å². The van der Waals surface area contributed by atoms with Gasteiger partial charge in [0.1, 0.15) is 6.61 Å². The van der Waals surface area contributed by atoms with Crippen LogP contribution in [0, 0.1) is 0 Å². The fourth-order valence-electron chi connectivity index (χ4n) is 4.24. The topological polar surface area (TPSA) is 82.9 Å². The summed E-state index contributed by atoms with van der Waals surface area (Å²) in [6.07, 6.45) is 9.28. The summed E-state index contributed by atoms with van der Waals surface area (Å²) in [4.78, 5) is 33.4. The number of rotatable bonds is 4. The van der Waals surface area contributed by atoms with Crippen molar-refractivity contribution >= 4 is 11.7 Å². The highest BCUT2D eigenvalue weighted by molar-refractivity contribution is 5.67. The lowest BCUT2D eigenvalue weighted by Gasteiger charge is -2.35. The molecule has 4 rings (SSSR count). The number of ether oxygens (including phenoxy) is 1. The molecule has 152 valence electrons. The quantitative estimate of drug-likeness (QED) is 0.871. The van der Waals surface area contributed by atoms with E-state index in [1.807, 2.05) is 4.90 Å². The number of amides is 1. The number of nitrogens with zero attached hydrogens (tertiary/aromatic N) is 4. The van der Waals surface area contributed by atoms with Crippen molar-refractivity contribution in [2.24, 2.45) is 0 Å². The number of aromatic nitrogens is 3. The summed E-state index contributed by atoms with van der Waals surface area (Å²) in [5, 5.41) is 2.86. The summed E-state index contributed by atoms with van der Waals surface area (Å²) in [5.41, 5.74) is 1.28. The molecule has 0 saturated carbocycles. The van der Waals surface area contributed by atoms with E-state index in [0.717, 1.165) is 57.4 Å². The highest BCUT2D eigenvalue weighted by Gasteiger charge is 2.26. The number of piperidine rings is 1. The molecule has 0 spiro atoms. The highest BCUT2D eigenvalue weighted by atomic mass is 16.6. The van der Waals surface area contributed by atoms with Crippen LogP contribution < -0.4 is 5.56 Å². The fraction of sp³-hybridized carbons (Fsp3) is 0.650. The second-order valence-corrected chi connectivity index (χ2v) is 7.84. The fourth-order valence-corrected chi connectivity index (χ4v) is 4.24. The van der Waals surface area contributed by atoms with Crippen molar-refractivity contribution in [1.82, 2.24) is 24.4 Å². The van der Waals surface area contributed by atoms with Crippen molar-refractivity contribution < 1.29 is 9.53 Å². The van der Waals surface area contributed by atoms with Crippen LogP contribution in [0.5, 0.6) is 0 Å². The Hall–Kier alpha value is -2.35. The number of carbonyl (C=O) groups excluding carboxylic acids is 1. The number of fused-ring (bicyclic) bond motifs is 1. The number of hydrogen-bond donors (Lipinski definition) is 1. The number of H-pyrrole nitrogens is 1. The maximum atomic E-state index is 12.4. The normalized spacial score (nSPS) is 21.6. The Labute approximate surface area is 164 Å². The predicted molar refractivity (Wildman–Crippen MR) is 105 cm³/mol. The molecule has 2 aromatic rings. The molecule has 2 aromatic heterocycles. The van der Waals surface area contributed by atoms with Crippen LogP contribution in [-0.2, 0) is 11.3 Å². The van der Waals surface area contributed by atoms with Gasteiger partial charge in [0, 0.05) is 44.0 Å². The van der Waals surface area contributed by atoms with Crippen molar-refractivity contribution in [3.8, 4) is 0 Å². The van der Waals surface area contributed by atoms with Crippen LogP contribution in [0.3, 0.4) is 0 Å². The number of aromatic amines is 1. The van der Waals surface area contributed by atoms with Gasteiger partial charge in [0.2, 0.25) is 0 Å². The molecule has 0 aromatic carbocycles. The Balaban J connectivity index is 1.38. The molecule has 0 aliphatic carbocycles. The SMILES string of the molecule is O=C(OCC1CCCCN1Cc1cc(=O)n2[nH]ccc2n1)N1CCCCCC1. The number of carbonyl (C=O) groups is 1. The van der Waals surface area contributed by atoms with E-state index in [2.05, 4.69) is 15.0 Å². The van der Waals surface area contributed by atoms with Crippen molar-refractivity contribution in [3.63, 3.8) is 0 Å². The van der Waals surface area contributed by atoms with Crippen LogP contribution >= 0.6 is 0 Å². The zero-order valence-electron chi connectivity index (χ0n) is 16.3. The second-order valence-electron chi connectivity index (χ2n) is 7.84. The van der Waals surface area contributed by atoms with Gasteiger partial charge in [-0.1, -0.05) is 19.3 Å². The molecule has 0 radical (unpaired) electrons. The lowest BCUT2D eigenvalue weighted by atomic mass is 10.0. The Morgan fingerprint density at radius 2 is 1.93 bits per heavy atom. The van der Waals surface area contributed by atoms with Gasteiger partial charge in [0.05, 0.1) is 5.69 Å². The molecule has 4 heterocycles. The Kier molecular flexibility index (Phi) is 5.95. The van der Waals surface area contributed by atoms with Crippen LogP contribution in [0.2, 0.25) is 0 Å². The lowest BCUT2D eigenvalue weighted by Crippen LogP contribution is -2.44. The first-order valence-corrected chi connectivity index (χ1v) is 10.4. The molecular weight excluding hydrogens is 358 g/mol. The van der Waals surface area contributed by atoms with Gasteiger partial charge in [-0.05, 0) is 32.2 Å². The zero-order valence-corrected chi connectivity index (χ0v) is 16.3. The smallest absolute Gasteiger partial charge is 0.409 e. The molecule has 1 unspecified atom stereocenters. The summed E-state index contributed by atoms with van der Waals surface area (Å²) >= 11 is 0.